The van der Waals surface area contributed by atoms with Crippen LogP contribution in [-0.4, -0.2) is 39.0 Å². The second-order valence-electron chi connectivity index (χ2n) is 3.36. The molecule has 3 N–H and O–H groups in total. The second kappa shape index (κ2) is 6.37. The van der Waals surface area contributed by atoms with Gasteiger partial charge in [-0.1, -0.05) is 0 Å². The van der Waals surface area contributed by atoms with Crippen molar-refractivity contribution in [3.8, 4) is 0 Å². The van der Waals surface area contributed by atoms with E-state index in [4.69, 9.17) is 10.2 Å². The molecule has 1 aromatic rings. The van der Waals surface area contributed by atoms with Crippen molar-refractivity contribution in [1.29, 1.82) is 0 Å². The molecule has 0 bridgehead atoms. The molecule has 1 aromatic carbocycles. The van der Waals surface area contributed by atoms with Crippen molar-refractivity contribution >= 4 is 23.3 Å². The molecule has 19 heavy (non-hydrogen) atoms. The molecular formula is C9H10N4O6. The monoisotopic (exact) mass is 270 g/mol. The smallest absolute Gasteiger partial charge is 0.301 e. The van der Waals surface area contributed by atoms with Gasteiger partial charge in [0.25, 0.3) is 5.69 Å². The van der Waals surface area contributed by atoms with Crippen LogP contribution in [0.3, 0.4) is 0 Å². The van der Waals surface area contributed by atoms with E-state index in [2.05, 4.69) is 10.5 Å². The van der Waals surface area contributed by atoms with Crippen molar-refractivity contribution in [3.05, 3.63) is 38.4 Å². The summed E-state index contributed by atoms with van der Waals surface area (Å²) in [5.41, 5.74) is 1.24. The highest BCUT2D eigenvalue weighted by Gasteiger charge is 2.19. The zero-order valence-electron chi connectivity index (χ0n) is 9.46. The normalized spacial score (nSPS) is 12.3. The van der Waals surface area contributed by atoms with Gasteiger partial charge in [-0.05, 0) is 6.07 Å². The quantitative estimate of drug-likeness (QED) is 0.380. The number of non-ortho nitro benzene ring substituents is 1. The zero-order chi connectivity index (χ0) is 14.4. The lowest BCUT2D eigenvalue weighted by atomic mass is 10.2. The van der Waals surface area contributed by atoms with Crippen LogP contribution in [-0.2, 0) is 0 Å². The number of nitro groups is 2. The van der Waals surface area contributed by atoms with Crippen molar-refractivity contribution < 1.29 is 20.1 Å². The molecule has 1 atom stereocenters. The van der Waals surface area contributed by atoms with E-state index in [0.29, 0.717) is 0 Å². The Kier molecular flexibility index (Phi) is 4.85. The molecule has 0 aliphatic carbocycles. The maximum atomic E-state index is 10.8. The van der Waals surface area contributed by atoms with E-state index in [-0.39, 0.29) is 5.69 Å². The lowest BCUT2D eigenvalue weighted by molar-refractivity contribution is -0.393. The molecular weight excluding hydrogens is 260 g/mol. The fourth-order valence-corrected chi connectivity index (χ4v) is 1.12. The minimum Gasteiger partial charge on any atom is -0.393 e. The molecule has 10 heteroatoms. The Hall–Kier alpha value is -2.59. The first-order chi connectivity index (χ1) is 8.95. The van der Waals surface area contributed by atoms with Gasteiger partial charge in [0.1, 0.15) is 11.8 Å². The summed E-state index contributed by atoms with van der Waals surface area (Å²) in [6, 6.07) is 2.99. The van der Waals surface area contributed by atoms with Crippen LogP contribution in [0.4, 0.5) is 17.1 Å². The Morgan fingerprint density at radius 3 is 2.58 bits per heavy atom. The number of nitrogens with one attached hydrogen (secondary N) is 1. The van der Waals surface area contributed by atoms with E-state index in [0.717, 1.165) is 24.4 Å². The van der Waals surface area contributed by atoms with Crippen molar-refractivity contribution in [3.63, 3.8) is 0 Å². The van der Waals surface area contributed by atoms with Gasteiger partial charge in [-0.3, -0.25) is 25.7 Å². The van der Waals surface area contributed by atoms with Crippen LogP contribution < -0.4 is 5.43 Å². The molecule has 0 aliphatic rings. The van der Waals surface area contributed by atoms with Crippen LogP contribution in [0.1, 0.15) is 0 Å². The van der Waals surface area contributed by atoms with Crippen LogP contribution in [0.15, 0.2) is 23.3 Å². The number of nitrogens with zero attached hydrogens (tertiary/aromatic N) is 3. The van der Waals surface area contributed by atoms with Crippen molar-refractivity contribution in [2.24, 2.45) is 5.10 Å². The topological polar surface area (TPSA) is 151 Å². The fraction of sp³-hybridized carbons (Fsp3) is 0.222. The molecule has 10 nitrogen and oxygen atoms in total. The first kappa shape index (κ1) is 14.5. The predicted molar refractivity (Wildman–Crippen MR) is 65.0 cm³/mol. The number of benzene rings is 1. The molecule has 0 saturated heterocycles. The molecule has 0 aromatic heterocycles. The lowest BCUT2D eigenvalue weighted by Gasteiger charge is -2.02. The van der Waals surface area contributed by atoms with Gasteiger partial charge < -0.3 is 10.2 Å². The SMILES string of the molecule is O=[N+]([O-])c1ccc(N/N=C/[C@@H](O)CO)c([N+](=O)[O-])c1. The van der Waals surface area contributed by atoms with E-state index in [1.54, 1.807) is 0 Å². The van der Waals surface area contributed by atoms with Crippen molar-refractivity contribution in [2.75, 3.05) is 12.0 Å². The molecule has 0 spiro atoms. The highest BCUT2D eigenvalue weighted by atomic mass is 16.6. The van der Waals surface area contributed by atoms with E-state index in [1.807, 2.05) is 0 Å². The average molecular weight is 270 g/mol. The van der Waals surface area contributed by atoms with Gasteiger partial charge in [0.05, 0.1) is 28.7 Å². The fourth-order valence-electron chi connectivity index (χ4n) is 1.12. The Labute approximate surface area is 106 Å². The highest BCUT2D eigenvalue weighted by Crippen LogP contribution is 2.28. The maximum Gasteiger partial charge on any atom is 0.301 e. The number of hydrazone groups is 1. The summed E-state index contributed by atoms with van der Waals surface area (Å²) in [7, 11) is 0. The minimum atomic E-state index is -1.20. The third-order valence-corrected chi connectivity index (χ3v) is 2.01. The number of hydrogen-bond acceptors (Lipinski definition) is 8. The predicted octanol–water partition coefficient (Wildman–Crippen LogP) is 0.254. The number of aliphatic hydroxyl groups excluding tert-OH is 2. The van der Waals surface area contributed by atoms with E-state index >= 15 is 0 Å². The average Bonchev–Trinajstić information content (AvgIpc) is 2.38. The summed E-state index contributed by atoms with van der Waals surface area (Å²) in [5.74, 6) is 0. The molecule has 0 aliphatic heterocycles. The molecule has 1 rings (SSSR count). The van der Waals surface area contributed by atoms with Crippen molar-refractivity contribution in [1.82, 2.24) is 0 Å². The molecule has 102 valence electrons. The largest absolute Gasteiger partial charge is 0.393 e. The first-order valence-electron chi connectivity index (χ1n) is 4.96. The molecule has 0 heterocycles. The molecule has 0 radical (unpaired) electrons. The van der Waals surface area contributed by atoms with Gasteiger partial charge in [-0.2, -0.15) is 5.10 Å². The number of nitro benzene ring substituents is 2. The Balaban J connectivity index is 2.97. The molecule has 0 fully saturated rings. The van der Waals surface area contributed by atoms with E-state index in [1.165, 1.54) is 0 Å². The van der Waals surface area contributed by atoms with Gasteiger partial charge in [0, 0.05) is 6.07 Å². The van der Waals surface area contributed by atoms with Gasteiger partial charge in [0.2, 0.25) is 0 Å². The van der Waals surface area contributed by atoms with E-state index < -0.39 is 33.9 Å². The first-order valence-corrected chi connectivity index (χ1v) is 4.96. The van der Waals surface area contributed by atoms with Crippen LogP contribution in [0.25, 0.3) is 0 Å². The summed E-state index contributed by atoms with van der Waals surface area (Å²) < 4.78 is 0. The molecule has 0 amide bonds. The summed E-state index contributed by atoms with van der Waals surface area (Å²) in [6.45, 7) is -0.548. The van der Waals surface area contributed by atoms with Crippen LogP contribution in [0, 0.1) is 20.2 Å². The van der Waals surface area contributed by atoms with Gasteiger partial charge >= 0.3 is 5.69 Å². The Morgan fingerprint density at radius 1 is 1.37 bits per heavy atom. The third kappa shape index (κ3) is 3.97. The van der Waals surface area contributed by atoms with Crippen LogP contribution >= 0.6 is 0 Å². The standard InChI is InChI=1S/C9H10N4O6/c14-5-7(15)4-10-11-8-2-1-6(12(16)17)3-9(8)13(18)19/h1-4,7,11,14-15H,5H2/b10-4+/t7-/m1/s1. The number of hydrogen-bond donors (Lipinski definition) is 3. The summed E-state index contributed by atoms with van der Waals surface area (Å²) >= 11 is 0. The van der Waals surface area contributed by atoms with E-state index in [9.17, 15) is 20.2 Å². The molecule has 0 unspecified atom stereocenters. The lowest BCUT2D eigenvalue weighted by Crippen LogP contribution is -2.14. The third-order valence-electron chi connectivity index (χ3n) is 2.01. The molecule has 0 saturated carbocycles. The zero-order valence-corrected chi connectivity index (χ0v) is 9.46. The number of anilines is 1. The maximum absolute atomic E-state index is 10.8. The number of aliphatic hydroxyl groups is 2. The van der Waals surface area contributed by atoms with Gasteiger partial charge in [-0.15, -0.1) is 0 Å². The summed E-state index contributed by atoms with van der Waals surface area (Å²) in [5, 5.41) is 42.2. The Morgan fingerprint density at radius 2 is 2.05 bits per heavy atom. The Bertz CT molecular complexity index is 517. The summed E-state index contributed by atoms with van der Waals surface area (Å²) in [4.78, 5) is 19.7. The van der Waals surface area contributed by atoms with Gasteiger partial charge in [0.15, 0.2) is 0 Å². The summed E-state index contributed by atoms with van der Waals surface area (Å²) in [6.07, 6.45) is -0.268. The minimum absolute atomic E-state index is 0.0722. The van der Waals surface area contributed by atoms with Gasteiger partial charge in [-0.25, -0.2) is 0 Å². The second-order valence-corrected chi connectivity index (χ2v) is 3.36. The highest BCUT2D eigenvalue weighted by molar-refractivity contribution is 5.68. The number of rotatable bonds is 6. The van der Waals surface area contributed by atoms with Crippen LogP contribution in [0.2, 0.25) is 0 Å². The van der Waals surface area contributed by atoms with Crippen molar-refractivity contribution in [2.45, 2.75) is 6.10 Å². The van der Waals surface area contributed by atoms with Crippen LogP contribution in [0.5, 0.6) is 0 Å².